The zero-order valence-electron chi connectivity index (χ0n) is 16.4. The molecule has 0 saturated heterocycles. The van der Waals surface area contributed by atoms with E-state index in [9.17, 15) is 9.18 Å². The first-order valence-corrected chi connectivity index (χ1v) is 9.58. The molecule has 2 atom stereocenters. The maximum atomic E-state index is 14.8. The highest BCUT2D eigenvalue weighted by atomic mass is 19.1. The van der Waals surface area contributed by atoms with Crippen LogP contribution in [0.4, 0.5) is 4.39 Å². The van der Waals surface area contributed by atoms with Crippen LogP contribution in [0.15, 0.2) is 59.7 Å². The molecule has 0 radical (unpaired) electrons. The first-order valence-electron chi connectivity index (χ1n) is 9.58. The Morgan fingerprint density at radius 3 is 2.48 bits per heavy atom. The molecule has 1 nitrogen and oxygen atoms in total. The SMILES string of the molecule is CC(=O)[C@@]1(c2cccc(C)c2C)CC2=C(C1)C(c1cccc(C)c1F)C=C2. The van der Waals surface area contributed by atoms with Crippen LogP contribution in [0.3, 0.4) is 0 Å². The van der Waals surface area contributed by atoms with Crippen LogP contribution in [0.2, 0.25) is 0 Å². The third kappa shape index (κ3) is 2.62. The van der Waals surface area contributed by atoms with E-state index in [-0.39, 0.29) is 17.5 Å². The first kappa shape index (κ1) is 17.9. The monoisotopic (exact) mass is 360 g/mol. The molecule has 138 valence electrons. The Balaban J connectivity index is 1.78. The van der Waals surface area contributed by atoms with Gasteiger partial charge in [-0.1, -0.05) is 54.1 Å². The maximum Gasteiger partial charge on any atom is 0.141 e. The van der Waals surface area contributed by atoms with Crippen LogP contribution >= 0.6 is 0 Å². The fourth-order valence-corrected chi connectivity index (χ4v) is 4.84. The second-order valence-corrected chi connectivity index (χ2v) is 8.10. The average molecular weight is 360 g/mol. The number of benzene rings is 2. The van der Waals surface area contributed by atoms with Gasteiger partial charge in [0.1, 0.15) is 11.6 Å². The van der Waals surface area contributed by atoms with E-state index in [0.29, 0.717) is 18.4 Å². The molecule has 0 saturated carbocycles. The average Bonchev–Trinajstić information content (AvgIpc) is 3.18. The van der Waals surface area contributed by atoms with Crippen molar-refractivity contribution in [2.75, 3.05) is 0 Å². The van der Waals surface area contributed by atoms with Gasteiger partial charge in [0.15, 0.2) is 0 Å². The van der Waals surface area contributed by atoms with Crippen LogP contribution in [0.25, 0.3) is 0 Å². The van der Waals surface area contributed by atoms with Gasteiger partial charge in [0.25, 0.3) is 0 Å². The van der Waals surface area contributed by atoms with Gasteiger partial charge < -0.3 is 0 Å². The van der Waals surface area contributed by atoms with Gasteiger partial charge in [0.05, 0.1) is 5.41 Å². The normalized spacial score (nSPS) is 23.8. The number of rotatable bonds is 3. The van der Waals surface area contributed by atoms with Crippen molar-refractivity contribution in [3.05, 3.63) is 93.3 Å². The summed E-state index contributed by atoms with van der Waals surface area (Å²) >= 11 is 0. The molecule has 0 fully saturated rings. The molecule has 27 heavy (non-hydrogen) atoms. The summed E-state index contributed by atoms with van der Waals surface area (Å²) in [7, 11) is 0. The summed E-state index contributed by atoms with van der Waals surface area (Å²) in [5.74, 6) is 0.00154. The van der Waals surface area contributed by atoms with E-state index in [1.54, 1.807) is 19.9 Å². The van der Waals surface area contributed by atoms with Crippen molar-refractivity contribution >= 4 is 5.78 Å². The van der Waals surface area contributed by atoms with Gasteiger partial charge in [-0.2, -0.15) is 0 Å². The van der Waals surface area contributed by atoms with Crippen LogP contribution in [0.1, 0.15) is 53.5 Å². The Bertz CT molecular complexity index is 1010. The lowest BCUT2D eigenvalue weighted by Crippen LogP contribution is -2.33. The zero-order chi connectivity index (χ0) is 19.3. The molecule has 4 rings (SSSR count). The minimum Gasteiger partial charge on any atom is -0.299 e. The summed E-state index contributed by atoms with van der Waals surface area (Å²) in [5, 5.41) is 0. The molecule has 0 amide bonds. The highest BCUT2D eigenvalue weighted by Crippen LogP contribution is 2.53. The summed E-state index contributed by atoms with van der Waals surface area (Å²) in [6.45, 7) is 7.70. The van der Waals surface area contributed by atoms with Crippen molar-refractivity contribution in [3.63, 3.8) is 0 Å². The van der Waals surface area contributed by atoms with Gasteiger partial charge >= 0.3 is 0 Å². The molecule has 1 unspecified atom stereocenters. The van der Waals surface area contributed by atoms with Gasteiger partial charge in [0.2, 0.25) is 0 Å². The standard InChI is InChI=1S/C25H25FO/c1-15-7-6-10-23(17(15)3)25(18(4)27)13-19-11-12-20(22(19)14-25)21-9-5-8-16(2)24(21)26/h5-12,20H,13-14H2,1-4H3/t20?,25-/m1/s1. The summed E-state index contributed by atoms with van der Waals surface area (Å²) in [6.07, 6.45) is 5.59. The minimum atomic E-state index is -0.524. The van der Waals surface area contributed by atoms with Crippen molar-refractivity contribution < 1.29 is 9.18 Å². The third-order valence-electron chi connectivity index (χ3n) is 6.61. The fraction of sp³-hybridized carbons (Fsp3) is 0.320. The molecule has 0 bridgehead atoms. The first-order chi connectivity index (χ1) is 12.8. The Kier molecular flexibility index (Phi) is 4.18. The number of ketones is 1. The molecule has 0 N–H and O–H groups in total. The smallest absolute Gasteiger partial charge is 0.141 e. The van der Waals surface area contributed by atoms with Crippen molar-refractivity contribution in [2.24, 2.45) is 0 Å². The van der Waals surface area contributed by atoms with E-state index in [1.807, 2.05) is 18.2 Å². The molecular formula is C25H25FO. The highest BCUT2D eigenvalue weighted by molar-refractivity contribution is 5.91. The molecule has 0 spiro atoms. The van der Waals surface area contributed by atoms with E-state index in [2.05, 4.69) is 38.1 Å². The zero-order valence-corrected chi connectivity index (χ0v) is 16.4. The quantitative estimate of drug-likeness (QED) is 0.654. The van der Waals surface area contributed by atoms with Crippen LogP contribution in [0.5, 0.6) is 0 Å². The van der Waals surface area contributed by atoms with E-state index < -0.39 is 5.41 Å². The Labute approximate surface area is 160 Å². The Morgan fingerprint density at radius 1 is 1.04 bits per heavy atom. The number of carbonyl (C=O) groups excluding carboxylic acids is 1. The second-order valence-electron chi connectivity index (χ2n) is 8.10. The van der Waals surface area contributed by atoms with E-state index in [1.165, 1.54) is 22.3 Å². The number of halogens is 1. The molecule has 2 aromatic rings. The molecule has 0 heterocycles. The number of allylic oxidation sites excluding steroid dienone is 4. The summed E-state index contributed by atoms with van der Waals surface area (Å²) in [5.41, 5.74) is 6.79. The van der Waals surface area contributed by atoms with Crippen molar-refractivity contribution in [3.8, 4) is 0 Å². The highest BCUT2D eigenvalue weighted by Gasteiger charge is 2.47. The fourth-order valence-electron chi connectivity index (χ4n) is 4.84. The molecule has 2 aliphatic carbocycles. The van der Waals surface area contributed by atoms with E-state index in [4.69, 9.17) is 0 Å². The van der Waals surface area contributed by atoms with Crippen molar-refractivity contribution in [1.29, 1.82) is 0 Å². The van der Waals surface area contributed by atoms with Crippen LogP contribution in [0, 0.1) is 26.6 Å². The number of carbonyl (C=O) groups is 1. The molecule has 2 aliphatic rings. The number of Topliss-reactive ketones (excluding diaryl/α,β-unsaturated/α-hetero) is 1. The van der Waals surface area contributed by atoms with E-state index >= 15 is 0 Å². The molecule has 0 aliphatic heterocycles. The van der Waals surface area contributed by atoms with Crippen molar-refractivity contribution in [2.45, 2.75) is 51.9 Å². The molecule has 0 aromatic heterocycles. The number of aryl methyl sites for hydroxylation is 2. The van der Waals surface area contributed by atoms with Gasteiger partial charge in [-0.3, -0.25) is 4.79 Å². The third-order valence-corrected chi connectivity index (χ3v) is 6.61. The largest absolute Gasteiger partial charge is 0.299 e. The summed E-state index contributed by atoms with van der Waals surface area (Å²) in [4.78, 5) is 12.9. The van der Waals surface area contributed by atoms with E-state index in [0.717, 1.165) is 11.1 Å². The predicted octanol–water partition coefficient (Wildman–Crippen LogP) is 6.02. The number of hydrogen-bond acceptors (Lipinski definition) is 1. The van der Waals surface area contributed by atoms with Crippen LogP contribution < -0.4 is 0 Å². The maximum absolute atomic E-state index is 14.8. The second kappa shape index (κ2) is 6.30. The van der Waals surface area contributed by atoms with Gasteiger partial charge in [-0.15, -0.1) is 0 Å². The Morgan fingerprint density at radius 2 is 1.74 bits per heavy atom. The van der Waals surface area contributed by atoms with Gasteiger partial charge in [-0.25, -0.2) is 4.39 Å². The lowest BCUT2D eigenvalue weighted by molar-refractivity contribution is -0.122. The molecular weight excluding hydrogens is 335 g/mol. The van der Waals surface area contributed by atoms with Crippen LogP contribution in [-0.4, -0.2) is 5.78 Å². The lowest BCUT2D eigenvalue weighted by Gasteiger charge is -2.31. The molecule has 2 heteroatoms. The number of hydrogen-bond donors (Lipinski definition) is 0. The molecule has 2 aromatic carbocycles. The summed E-state index contributed by atoms with van der Waals surface area (Å²) in [6, 6.07) is 11.8. The predicted molar refractivity (Wildman–Crippen MR) is 108 cm³/mol. The topological polar surface area (TPSA) is 17.1 Å². The van der Waals surface area contributed by atoms with Crippen LogP contribution in [-0.2, 0) is 10.2 Å². The minimum absolute atomic E-state index is 0.0637. The van der Waals surface area contributed by atoms with Crippen molar-refractivity contribution in [1.82, 2.24) is 0 Å². The lowest BCUT2D eigenvalue weighted by atomic mass is 9.70. The van der Waals surface area contributed by atoms with Gasteiger partial charge in [0, 0.05) is 5.92 Å². The summed E-state index contributed by atoms with van der Waals surface area (Å²) < 4.78 is 14.8. The Hall–Kier alpha value is -2.48. The van der Waals surface area contributed by atoms with Gasteiger partial charge in [-0.05, 0) is 73.9 Å².